The minimum absolute atomic E-state index is 0.153. The summed E-state index contributed by atoms with van der Waals surface area (Å²) in [5, 5.41) is 7.52. The zero-order valence-electron chi connectivity index (χ0n) is 14.5. The van der Waals surface area contributed by atoms with Crippen molar-refractivity contribution in [1.82, 2.24) is 5.32 Å². The van der Waals surface area contributed by atoms with Crippen molar-refractivity contribution < 1.29 is 23.9 Å². The second-order valence-corrected chi connectivity index (χ2v) is 6.25. The molecule has 10 heteroatoms. The van der Waals surface area contributed by atoms with Crippen molar-refractivity contribution in [2.24, 2.45) is 0 Å². The smallest absolute Gasteiger partial charge is 0.339 e. The lowest BCUT2D eigenvalue weighted by Crippen LogP contribution is -2.39. The largest absolute Gasteiger partial charge is 0.465 e. The van der Waals surface area contributed by atoms with Gasteiger partial charge in [0.05, 0.1) is 24.9 Å². The monoisotopic (exact) mass is 423 g/mol. The number of ether oxygens (including phenoxy) is 1. The number of benzene rings is 2. The molecule has 0 aliphatic carbocycles. The molecule has 2 aromatic rings. The first kappa shape index (κ1) is 21.2. The highest BCUT2D eigenvalue weighted by Gasteiger charge is 2.17. The Hall–Kier alpha value is -3.10. The maximum Gasteiger partial charge on any atom is 0.339 e. The van der Waals surface area contributed by atoms with Crippen molar-refractivity contribution in [3.63, 3.8) is 0 Å². The highest BCUT2D eigenvalue weighted by atomic mass is 35.5. The van der Waals surface area contributed by atoms with Crippen LogP contribution in [0.3, 0.4) is 0 Å². The van der Waals surface area contributed by atoms with Crippen molar-refractivity contribution in [3.05, 3.63) is 58.1 Å². The van der Waals surface area contributed by atoms with Crippen molar-refractivity contribution in [3.8, 4) is 0 Å². The number of carbonyl (C=O) groups excluding carboxylic acids is 4. The van der Waals surface area contributed by atoms with Gasteiger partial charge in [-0.1, -0.05) is 35.3 Å². The van der Waals surface area contributed by atoms with Crippen LogP contribution in [0.25, 0.3) is 0 Å². The van der Waals surface area contributed by atoms with Crippen LogP contribution in [0.4, 0.5) is 11.4 Å². The van der Waals surface area contributed by atoms with E-state index in [1.807, 2.05) is 0 Å². The van der Waals surface area contributed by atoms with E-state index in [0.717, 1.165) is 0 Å². The molecule has 0 bridgehead atoms. The van der Waals surface area contributed by atoms with Gasteiger partial charge in [-0.15, -0.1) is 0 Å². The summed E-state index contributed by atoms with van der Waals surface area (Å²) in [6, 6.07) is 10.5. The molecule has 0 aliphatic heterocycles. The van der Waals surface area contributed by atoms with Gasteiger partial charge in [-0.2, -0.15) is 0 Å². The normalized spacial score (nSPS) is 9.96. The van der Waals surface area contributed by atoms with Gasteiger partial charge in [0.25, 0.3) is 0 Å². The van der Waals surface area contributed by atoms with Gasteiger partial charge >= 0.3 is 17.8 Å². The molecule has 0 unspecified atom stereocenters. The summed E-state index contributed by atoms with van der Waals surface area (Å²) in [5.41, 5.74) is 0.598. The number of rotatable bonds is 5. The summed E-state index contributed by atoms with van der Waals surface area (Å²) in [4.78, 5) is 47.4. The van der Waals surface area contributed by atoms with Crippen molar-refractivity contribution in [2.45, 2.75) is 0 Å². The molecule has 0 spiro atoms. The van der Waals surface area contributed by atoms with E-state index in [4.69, 9.17) is 23.2 Å². The van der Waals surface area contributed by atoms with E-state index in [9.17, 15) is 19.2 Å². The van der Waals surface area contributed by atoms with E-state index in [0.29, 0.717) is 0 Å². The van der Waals surface area contributed by atoms with Gasteiger partial charge in [-0.25, -0.2) is 4.79 Å². The average Bonchev–Trinajstić information content (AvgIpc) is 2.65. The van der Waals surface area contributed by atoms with Crippen LogP contribution in [0.2, 0.25) is 10.0 Å². The Morgan fingerprint density at radius 3 is 2.21 bits per heavy atom. The summed E-state index contributed by atoms with van der Waals surface area (Å²) in [6.45, 7) is -0.488. The number of methoxy groups -OCH3 is 1. The van der Waals surface area contributed by atoms with Crippen LogP contribution in [0.5, 0.6) is 0 Å². The van der Waals surface area contributed by atoms with Crippen LogP contribution in [-0.2, 0) is 19.1 Å². The first-order chi connectivity index (χ1) is 13.3. The molecule has 0 heterocycles. The van der Waals surface area contributed by atoms with Gasteiger partial charge in [0.15, 0.2) is 0 Å². The molecule has 146 valence electrons. The number of amides is 3. The fraction of sp³-hybridized carbons (Fsp3) is 0.111. The number of halogens is 2. The summed E-state index contributed by atoms with van der Waals surface area (Å²) >= 11 is 11.6. The molecule has 2 aromatic carbocycles. The van der Waals surface area contributed by atoms with Gasteiger partial charge < -0.3 is 20.7 Å². The lowest BCUT2D eigenvalue weighted by Gasteiger charge is -2.10. The highest BCUT2D eigenvalue weighted by Crippen LogP contribution is 2.22. The minimum Gasteiger partial charge on any atom is -0.465 e. The van der Waals surface area contributed by atoms with Crippen LogP contribution in [0.1, 0.15) is 10.4 Å². The molecule has 3 N–H and O–H groups in total. The van der Waals surface area contributed by atoms with E-state index in [1.54, 1.807) is 12.1 Å². The quantitative estimate of drug-likeness (QED) is 0.504. The maximum atomic E-state index is 12.0. The lowest BCUT2D eigenvalue weighted by atomic mass is 10.2. The lowest BCUT2D eigenvalue weighted by molar-refractivity contribution is -0.136. The third-order valence-electron chi connectivity index (χ3n) is 3.34. The standard InChI is InChI=1S/C18H15Cl2N3O5/c1-28-18(27)13-4-2-3-5-14(13)23-15(24)9-21-16(25)17(26)22-12-7-10(19)6-11(20)8-12/h2-8H,9H2,1H3,(H,21,25)(H,22,26)(H,23,24). The van der Waals surface area contributed by atoms with Gasteiger partial charge in [0.1, 0.15) is 0 Å². The van der Waals surface area contributed by atoms with E-state index < -0.39 is 30.2 Å². The third-order valence-corrected chi connectivity index (χ3v) is 3.78. The Labute approximate surface area is 170 Å². The van der Waals surface area contributed by atoms with Gasteiger partial charge in [0, 0.05) is 15.7 Å². The molecule has 0 radical (unpaired) electrons. The van der Waals surface area contributed by atoms with Crippen LogP contribution in [-0.4, -0.2) is 37.3 Å². The molecule has 2 rings (SSSR count). The predicted octanol–water partition coefficient (Wildman–Crippen LogP) is 2.47. The molecular weight excluding hydrogens is 409 g/mol. The Morgan fingerprint density at radius 2 is 1.57 bits per heavy atom. The fourth-order valence-corrected chi connectivity index (χ4v) is 2.66. The second kappa shape index (κ2) is 9.72. The van der Waals surface area contributed by atoms with Gasteiger partial charge in [0.2, 0.25) is 5.91 Å². The van der Waals surface area contributed by atoms with Gasteiger partial charge in [-0.05, 0) is 30.3 Å². The average molecular weight is 424 g/mol. The van der Waals surface area contributed by atoms with E-state index in [1.165, 1.54) is 37.4 Å². The second-order valence-electron chi connectivity index (χ2n) is 5.38. The summed E-state index contributed by atoms with van der Waals surface area (Å²) < 4.78 is 4.63. The van der Waals surface area contributed by atoms with Crippen LogP contribution in [0.15, 0.2) is 42.5 Å². The number of anilines is 2. The molecule has 28 heavy (non-hydrogen) atoms. The molecule has 0 fully saturated rings. The Morgan fingerprint density at radius 1 is 0.929 bits per heavy atom. The van der Waals surface area contributed by atoms with Gasteiger partial charge in [-0.3, -0.25) is 14.4 Å². The Balaban J connectivity index is 1.91. The minimum atomic E-state index is -1.03. The number of carbonyl (C=O) groups is 4. The third kappa shape index (κ3) is 5.97. The molecular formula is C18H15Cl2N3O5. The highest BCUT2D eigenvalue weighted by molar-refractivity contribution is 6.40. The number of hydrogen-bond acceptors (Lipinski definition) is 5. The Bertz CT molecular complexity index is 913. The maximum absolute atomic E-state index is 12.0. The summed E-state index contributed by atoms with van der Waals surface area (Å²) in [7, 11) is 1.22. The van der Waals surface area contributed by atoms with Crippen molar-refractivity contribution >= 4 is 58.3 Å². The molecule has 8 nitrogen and oxygen atoms in total. The summed E-state index contributed by atoms with van der Waals surface area (Å²) in [6.07, 6.45) is 0. The molecule has 0 aliphatic rings. The number of para-hydroxylation sites is 1. The molecule has 3 amide bonds. The van der Waals surface area contributed by atoms with E-state index in [-0.39, 0.29) is 27.0 Å². The number of esters is 1. The molecule has 0 saturated carbocycles. The van der Waals surface area contributed by atoms with Crippen LogP contribution in [0, 0.1) is 0 Å². The van der Waals surface area contributed by atoms with Crippen LogP contribution < -0.4 is 16.0 Å². The number of nitrogens with one attached hydrogen (secondary N) is 3. The van der Waals surface area contributed by atoms with E-state index in [2.05, 4.69) is 20.7 Å². The predicted molar refractivity (Wildman–Crippen MR) is 105 cm³/mol. The molecule has 0 saturated heterocycles. The van der Waals surface area contributed by atoms with Crippen LogP contribution >= 0.6 is 23.2 Å². The molecule has 0 atom stereocenters. The SMILES string of the molecule is COC(=O)c1ccccc1NC(=O)CNC(=O)C(=O)Nc1cc(Cl)cc(Cl)c1. The first-order valence-electron chi connectivity index (χ1n) is 7.82. The Kier molecular flexibility index (Phi) is 7.36. The molecule has 0 aromatic heterocycles. The zero-order valence-corrected chi connectivity index (χ0v) is 16.1. The van der Waals surface area contributed by atoms with Crippen molar-refractivity contribution in [2.75, 3.05) is 24.3 Å². The zero-order chi connectivity index (χ0) is 20.7. The van der Waals surface area contributed by atoms with E-state index >= 15 is 0 Å². The van der Waals surface area contributed by atoms with Crippen molar-refractivity contribution in [1.29, 1.82) is 0 Å². The summed E-state index contributed by atoms with van der Waals surface area (Å²) in [5.74, 6) is -3.30. The fourth-order valence-electron chi connectivity index (χ4n) is 2.13. The number of hydrogen-bond donors (Lipinski definition) is 3. The topological polar surface area (TPSA) is 114 Å². The first-order valence-corrected chi connectivity index (χ1v) is 8.58.